The molecule has 1 saturated heterocycles. The van der Waals surface area contributed by atoms with E-state index in [0.29, 0.717) is 23.4 Å². The second kappa shape index (κ2) is 10.7. The van der Waals surface area contributed by atoms with Crippen molar-refractivity contribution in [2.75, 3.05) is 6.54 Å². The number of amides is 1. The molecular formula is C22H15F6NO4S3. The molecule has 0 aliphatic carbocycles. The van der Waals surface area contributed by atoms with E-state index in [9.17, 15) is 40.7 Å². The predicted octanol–water partition coefficient (Wildman–Crippen LogP) is 6.48. The van der Waals surface area contributed by atoms with Crippen LogP contribution in [0.15, 0.2) is 34.6 Å². The van der Waals surface area contributed by atoms with Crippen LogP contribution in [0.25, 0.3) is 17.2 Å². The third-order valence-electron chi connectivity index (χ3n) is 4.96. The topological polar surface area (TPSA) is 74.7 Å². The van der Waals surface area contributed by atoms with Gasteiger partial charge in [-0.15, -0.1) is 11.3 Å². The maximum atomic E-state index is 13.2. The highest BCUT2D eigenvalue weighted by Crippen LogP contribution is 2.40. The normalized spacial score (nSPS) is 15.7. The Morgan fingerprint density at radius 2 is 1.58 bits per heavy atom. The molecule has 5 nitrogen and oxygen atoms in total. The highest BCUT2D eigenvalue weighted by Gasteiger charge is 2.37. The average molecular weight is 568 g/mol. The van der Waals surface area contributed by atoms with Crippen molar-refractivity contribution < 1.29 is 45.8 Å². The van der Waals surface area contributed by atoms with Gasteiger partial charge < -0.3 is 5.11 Å². The van der Waals surface area contributed by atoms with E-state index in [1.54, 1.807) is 0 Å². The first-order chi connectivity index (χ1) is 16.7. The predicted molar refractivity (Wildman–Crippen MR) is 126 cm³/mol. The van der Waals surface area contributed by atoms with E-state index in [1.165, 1.54) is 22.4 Å². The maximum absolute atomic E-state index is 13.2. The van der Waals surface area contributed by atoms with E-state index in [1.807, 2.05) is 0 Å². The van der Waals surface area contributed by atoms with Crippen molar-refractivity contribution in [3.05, 3.63) is 50.6 Å². The lowest BCUT2D eigenvalue weighted by Gasteiger charge is -2.13. The zero-order valence-electron chi connectivity index (χ0n) is 17.9. The van der Waals surface area contributed by atoms with Crippen molar-refractivity contribution in [3.63, 3.8) is 0 Å². The Balaban J connectivity index is 1.77. The molecule has 0 atom stereocenters. The van der Waals surface area contributed by atoms with E-state index in [4.69, 9.17) is 17.3 Å². The van der Waals surface area contributed by atoms with Crippen molar-refractivity contribution in [2.24, 2.45) is 0 Å². The minimum absolute atomic E-state index is 0.0553. The number of carboxylic acids is 1. The average Bonchev–Trinajstić information content (AvgIpc) is 3.34. The number of Topliss-reactive ketones (excluding diaryl/α,β-unsaturated/α-hetero) is 1. The van der Waals surface area contributed by atoms with E-state index in [-0.39, 0.29) is 45.8 Å². The molecule has 2 aromatic rings. The third-order valence-corrected chi connectivity index (χ3v) is 7.22. The molecule has 14 heteroatoms. The first kappa shape index (κ1) is 27.9. The molecule has 1 N–H and O–H groups in total. The number of carbonyl (C=O) groups excluding carboxylic acids is 2. The maximum Gasteiger partial charge on any atom is 0.416 e. The number of thiophene rings is 1. The second-order valence-corrected chi connectivity index (χ2v) is 10.2. The number of thioether (sulfide) groups is 1. The van der Waals surface area contributed by atoms with Gasteiger partial charge in [-0.25, -0.2) is 4.79 Å². The number of ketones is 1. The minimum atomic E-state index is -4.97. The number of rotatable bonds is 8. The molecule has 0 saturated carbocycles. The molecule has 0 spiro atoms. The quantitative estimate of drug-likeness (QED) is 0.129. The first-order valence-electron chi connectivity index (χ1n) is 10.1. The summed E-state index contributed by atoms with van der Waals surface area (Å²) in [4.78, 5) is 36.3. The third kappa shape index (κ3) is 6.73. The largest absolute Gasteiger partial charge is 0.476 e. The lowest BCUT2D eigenvalue weighted by Crippen LogP contribution is -2.29. The SMILES string of the molecule is O=C(O)C(=O)CCCCN1C(=O)/C(=C/c2cc(-c3cc(C(F)(F)F)cc(C(F)(F)F)c3)cs2)SC1=S. The summed E-state index contributed by atoms with van der Waals surface area (Å²) in [5.41, 5.74) is -2.99. The monoisotopic (exact) mass is 567 g/mol. The van der Waals surface area contributed by atoms with E-state index < -0.39 is 41.1 Å². The standard InChI is InChI=1S/C22H15F6NO4S3/c23-21(24,25)13-5-11(6-14(8-13)22(26,27)28)12-7-15(35-10-12)9-17-18(31)29(20(34)36-17)4-2-1-3-16(30)19(32)33/h5-10H,1-4H2,(H,32,33)/b17-9-. The summed E-state index contributed by atoms with van der Waals surface area (Å²) in [6, 6.07) is 2.70. The Morgan fingerprint density at radius 1 is 0.972 bits per heavy atom. The van der Waals surface area contributed by atoms with Crippen LogP contribution in [-0.2, 0) is 26.7 Å². The molecule has 1 amide bonds. The molecule has 1 aliphatic rings. The van der Waals surface area contributed by atoms with Gasteiger partial charge in [0.1, 0.15) is 4.32 Å². The lowest BCUT2D eigenvalue weighted by molar-refractivity contribution is -0.149. The van der Waals surface area contributed by atoms with Crippen molar-refractivity contribution in [1.82, 2.24) is 4.90 Å². The molecule has 1 fully saturated rings. The van der Waals surface area contributed by atoms with E-state index >= 15 is 0 Å². The van der Waals surface area contributed by atoms with Gasteiger partial charge in [0.25, 0.3) is 5.91 Å². The van der Waals surface area contributed by atoms with Gasteiger partial charge in [0, 0.05) is 17.8 Å². The summed E-state index contributed by atoms with van der Waals surface area (Å²) in [5, 5.41) is 9.97. The number of nitrogens with zero attached hydrogens (tertiary/aromatic N) is 1. The molecule has 192 valence electrons. The van der Waals surface area contributed by atoms with E-state index in [0.717, 1.165) is 23.1 Å². The van der Waals surface area contributed by atoms with Crippen molar-refractivity contribution in [2.45, 2.75) is 31.6 Å². The number of thiocarbonyl (C=S) groups is 1. The summed E-state index contributed by atoms with van der Waals surface area (Å²) in [5.74, 6) is -2.90. The Hall–Kier alpha value is -2.71. The Kier molecular flexibility index (Phi) is 8.30. The van der Waals surface area contributed by atoms with Gasteiger partial charge in [0.2, 0.25) is 5.78 Å². The summed E-state index contributed by atoms with van der Waals surface area (Å²) < 4.78 is 79.2. The molecule has 0 radical (unpaired) electrons. The second-order valence-electron chi connectivity index (χ2n) is 7.55. The number of benzene rings is 1. The fourth-order valence-electron chi connectivity index (χ4n) is 3.19. The molecule has 1 aromatic heterocycles. The zero-order valence-corrected chi connectivity index (χ0v) is 20.4. The highest BCUT2D eigenvalue weighted by molar-refractivity contribution is 8.26. The fourth-order valence-corrected chi connectivity index (χ4v) is 5.41. The van der Waals surface area contributed by atoms with Crippen LogP contribution < -0.4 is 0 Å². The number of unbranched alkanes of at least 4 members (excludes halogenated alkanes) is 1. The number of carbonyl (C=O) groups is 3. The number of carboxylic acid groups (broad SMARTS) is 1. The highest BCUT2D eigenvalue weighted by atomic mass is 32.2. The van der Waals surface area contributed by atoms with Crippen molar-refractivity contribution >= 4 is 63.4 Å². The number of aliphatic carboxylic acids is 1. The van der Waals surface area contributed by atoms with Crippen LogP contribution in [0.4, 0.5) is 26.3 Å². The number of halogens is 6. The number of hydrogen-bond acceptors (Lipinski definition) is 6. The Morgan fingerprint density at radius 3 is 2.14 bits per heavy atom. The molecule has 1 aromatic carbocycles. The smallest absolute Gasteiger partial charge is 0.416 e. The summed E-state index contributed by atoms with van der Waals surface area (Å²) >= 11 is 7.20. The summed E-state index contributed by atoms with van der Waals surface area (Å²) in [6.45, 7) is 0.162. The Labute approximate surface area is 213 Å². The van der Waals surface area contributed by atoms with Crippen LogP contribution in [0, 0.1) is 0 Å². The van der Waals surface area contributed by atoms with Crippen LogP contribution in [0.3, 0.4) is 0 Å². The fraction of sp³-hybridized carbons (Fsp3) is 0.273. The first-order valence-corrected chi connectivity index (χ1v) is 12.2. The zero-order chi connectivity index (χ0) is 26.8. The van der Waals surface area contributed by atoms with Gasteiger partial charge >= 0.3 is 18.3 Å². The van der Waals surface area contributed by atoms with Gasteiger partial charge in [-0.2, -0.15) is 26.3 Å². The van der Waals surface area contributed by atoms with Crippen molar-refractivity contribution in [1.29, 1.82) is 0 Å². The van der Waals surface area contributed by atoms with Gasteiger partial charge in [-0.1, -0.05) is 24.0 Å². The molecule has 1 aliphatic heterocycles. The molecule has 0 unspecified atom stereocenters. The number of alkyl halides is 6. The summed E-state index contributed by atoms with van der Waals surface area (Å²) in [7, 11) is 0. The molecular weight excluding hydrogens is 552 g/mol. The van der Waals surface area contributed by atoms with Crippen LogP contribution in [-0.4, -0.2) is 38.5 Å². The van der Waals surface area contributed by atoms with Gasteiger partial charge in [-0.05, 0) is 59.7 Å². The Bertz CT molecular complexity index is 1220. The van der Waals surface area contributed by atoms with Crippen LogP contribution in [0.1, 0.15) is 35.3 Å². The van der Waals surface area contributed by atoms with Crippen LogP contribution in [0.5, 0.6) is 0 Å². The van der Waals surface area contributed by atoms with Gasteiger partial charge in [0.05, 0.1) is 16.0 Å². The summed E-state index contributed by atoms with van der Waals surface area (Å²) in [6.07, 6.45) is -8.09. The van der Waals surface area contributed by atoms with E-state index in [2.05, 4.69) is 0 Å². The molecule has 2 heterocycles. The number of hydrogen-bond donors (Lipinski definition) is 1. The molecule has 3 rings (SSSR count). The lowest BCUT2D eigenvalue weighted by atomic mass is 10.0. The van der Waals surface area contributed by atoms with Crippen molar-refractivity contribution in [3.8, 4) is 11.1 Å². The van der Waals surface area contributed by atoms with Crippen LogP contribution in [0.2, 0.25) is 0 Å². The van der Waals surface area contributed by atoms with Crippen LogP contribution >= 0.6 is 35.3 Å². The molecule has 36 heavy (non-hydrogen) atoms. The minimum Gasteiger partial charge on any atom is -0.476 e. The van der Waals surface area contributed by atoms with Gasteiger partial charge in [0.15, 0.2) is 0 Å². The molecule has 0 bridgehead atoms. The van der Waals surface area contributed by atoms with Gasteiger partial charge in [-0.3, -0.25) is 14.5 Å².